The molecule has 3 rings (SSSR count). The number of thiazole rings is 1. The van der Waals surface area contributed by atoms with Crippen LogP contribution in [0.2, 0.25) is 0 Å². The van der Waals surface area contributed by atoms with E-state index in [9.17, 15) is 4.79 Å². The Bertz CT molecular complexity index is 879. The third-order valence-electron chi connectivity index (χ3n) is 3.28. The van der Waals surface area contributed by atoms with Crippen molar-refractivity contribution < 1.29 is 9.90 Å². The van der Waals surface area contributed by atoms with Gasteiger partial charge in [-0.05, 0) is 26.0 Å². The highest BCUT2D eigenvalue weighted by molar-refractivity contribution is 7.15. The second-order valence-electron chi connectivity index (χ2n) is 4.80. The number of hydrazone groups is 1. The monoisotopic (exact) mass is 314 g/mol. The number of para-hydroxylation sites is 1. The van der Waals surface area contributed by atoms with E-state index < -0.39 is 5.97 Å². The lowest BCUT2D eigenvalue weighted by molar-refractivity contribution is 0.0698. The first-order chi connectivity index (χ1) is 10.6. The van der Waals surface area contributed by atoms with Gasteiger partial charge in [0.05, 0.1) is 28.9 Å². The highest BCUT2D eigenvalue weighted by atomic mass is 32.1. The number of aromatic nitrogens is 2. The first-order valence-corrected chi connectivity index (χ1v) is 7.50. The zero-order chi connectivity index (χ0) is 15.7. The van der Waals surface area contributed by atoms with E-state index in [0.717, 1.165) is 22.0 Å². The molecule has 0 aliphatic heterocycles. The lowest BCUT2D eigenvalue weighted by Gasteiger charge is -2.04. The summed E-state index contributed by atoms with van der Waals surface area (Å²) < 4.78 is 2.02. The van der Waals surface area contributed by atoms with Crippen LogP contribution in [-0.4, -0.2) is 26.7 Å². The summed E-state index contributed by atoms with van der Waals surface area (Å²) in [6.07, 6.45) is 1.66. The van der Waals surface area contributed by atoms with Gasteiger partial charge in [0.15, 0.2) is 4.96 Å². The van der Waals surface area contributed by atoms with Gasteiger partial charge in [0.25, 0.3) is 0 Å². The molecule has 2 N–H and O–H groups in total. The zero-order valence-corrected chi connectivity index (χ0v) is 12.9. The molecule has 22 heavy (non-hydrogen) atoms. The average Bonchev–Trinajstić information content (AvgIpc) is 3.00. The van der Waals surface area contributed by atoms with Gasteiger partial charge in [0.1, 0.15) is 0 Å². The minimum Gasteiger partial charge on any atom is -0.478 e. The number of hydrogen-bond acceptors (Lipinski definition) is 5. The van der Waals surface area contributed by atoms with Gasteiger partial charge in [-0.1, -0.05) is 12.1 Å². The first-order valence-electron chi connectivity index (χ1n) is 6.62. The molecule has 0 atom stereocenters. The maximum atomic E-state index is 11.1. The predicted molar refractivity (Wildman–Crippen MR) is 87.2 cm³/mol. The Kier molecular flexibility index (Phi) is 3.64. The summed E-state index contributed by atoms with van der Waals surface area (Å²) in [5.41, 5.74) is 6.28. The van der Waals surface area contributed by atoms with E-state index in [1.165, 1.54) is 6.07 Å². The molecule has 0 aliphatic rings. The topological polar surface area (TPSA) is 79.0 Å². The van der Waals surface area contributed by atoms with E-state index in [1.807, 2.05) is 23.6 Å². The summed E-state index contributed by atoms with van der Waals surface area (Å²) in [5, 5.41) is 15.3. The van der Waals surface area contributed by atoms with Gasteiger partial charge < -0.3 is 5.11 Å². The molecule has 0 amide bonds. The quantitative estimate of drug-likeness (QED) is 0.573. The normalized spacial score (nSPS) is 11.4. The number of anilines is 1. The molecule has 0 radical (unpaired) electrons. The molecule has 0 spiro atoms. The van der Waals surface area contributed by atoms with E-state index in [1.54, 1.807) is 35.8 Å². The van der Waals surface area contributed by atoms with Gasteiger partial charge in [0.2, 0.25) is 0 Å². The Morgan fingerprint density at radius 1 is 1.41 bits per heavy atom. The SMILES string of the molecule is Cc1nc2scc(C)n2c1/C=N\Nc1ccccc1C(=O)O. The number of benzene rings is 1. The maximum Gasteiger partial charge on any atom is 0.337 e. The fraction of sp³-hybridized carbons (Fsp3) is 0.133. The van der Waals surface area contributed by atoms with Crippen LogP contribution < -0.4 is 5.43 Å². The van der Waals surface area contributed by atoms with Crippen LogP contribution in [0.5, 0.6) is 0 Å². The molecule has 3 aromatic rings. The van der Waals surface area contributed by atoms with Gasteiger partial charge in [-0.2, -0.15) is 5.10 Å². The fourth-order valence-electron chi connectivity index (χ4n) is 2.21. The predicted octanol–water partition coefficient (Wildman–Crippen LogP) is 3.16. The van der Waals surface area contributed by atoms with E-state index >= 15 is 0 Å². The minimum absolute atomic E-state index is 0.182. The summed E-state index contributed by atoms with van der Waals surface area (Å²) in [6, 6.07) is 6.65. The van der Waals surface area contributed by atoms with Crippen LogP contribution in [0.3, 0.4) is 0 Å². The number of fused-ring (bicyclic) bond motifs is 1. The van der Waals surface area contributed by atoms with Crippen LogP contribution in [0, 0.1) is 13.8 Å². The van der Waals surface area contributed by atoms with Crippen molar-refractivity contribution in [1.29, 1.82) is 0 Å². The number of rotatable bonds is 4. The molecule has 112 valence electrons. The van der Waals surface area contributed by atoms with E-state index in [2.05, 4.69) is 15.5 Å². The van der Waals surface area contributed by atoms with Gasteiger partial charge in [-0.3, -0.25) is 9.83 Å². The number of hydrogen-bond donors (Lipinski definition) is 2. The molecular formula is C15H14N4O2S. The van der Waals surface area contributed by atoms with Crippen LogP contribution in [0.1, 0.15) is 27.4 Å². The summed E-state index contributed by atoms with van der Waals surface area (Å²) >= 11 is 1.58. The summed E-state index contributed by atoms with van der Waals surface area (Å²) in [7, 11) is 0. The molecule has 6 nitrogen and oxygen atoms in total. The molecule has 1 aromatic carbocycles. The number of aromatic carboxylic acids is 1. The van der Waals surface area contributed by atoms with Crippen molar-refractivity contribution in [2.24, 2.45) is 5.10 Å². The van der Waals surface area contributed by atoms with Crippen LogP contribution >= 0.6 is 11.3 Å². The Balaban J connectivity index is 1.90. The third kappa shape index (κ3) is 2.46. The van der Waals surface area contributed by atoms with E-state index in [0.29, 0.717) is 5.69 Å². The molecule has 0 unspecified atom stereocenters. The summed E-state index contributed by atoms with van der Waals surface area (Å²) in [4.78, 5) is 16.5. The van der Waals surface area contributed by atoms with Crippen molar-refractivity contribution in [3.05, 3.63) is 52.3 Å². The number of nitrogens with zero attached hydrogens (tertiary/aromatic N) is 3. The van der Waals surface area contributed by atoms with Crippen LogP contribution in [0.4, 0.5) is 5.69 Å². The second kappa shape index (κ2) is 5.61. The summed E-state index contributed by atoms with van der Waals surface area (Å²) in [5.74, 6) is -0.991. The van der Waals surface area contributed by atoms with Crippen molar-refractivity contribution >= 4 is 34.2 Å². The number of carboxylic acids is 1. The molecule has 2 heterocycles. The Hall–Kier alpha value is -2.67. The number of nitrogens with one attached hydrogen (secondary N) is 1. The summed E-state index contributed by atoms with van der Waals surface area (Å²) in [6.45, 7) is 3.93. The molecule has 0 saturated carbocycles. The number of aryl methyl sites for hydroxylation is 2. The standard InChI is InChI=1S/C15H14N4O2S/c1-9-8-22-15-17-10(2)13(19(9)15)7-16-18-12-6-4-3-5-11(12)14(20)21/h3-8,18H,1-2H3,(H,20,21)/b16-7-. The van der Waals surface area contributed by atoms with Crippen LogP contribution in [-0.2, 0) is 0 Å². The second-order valence-corrected chi connectivity index (χ2v) is 5.63. The van der Waals surface area contributed by atoms with Crippen LogP contribution in [0.25, 0.3) is 4.96 Å². The van der Waals surface area contributed by atoms with Crippen molar-refractivity contribution in [3.8, 4) is 0 Å². The molecule has 0 aliphatic carbocycles. The number of carboxylic acid groups (broad SMARTS) is 1. The van der Waals surface area contributed by atoms with Crippen molar-refractivity contribution in [1.82, 2.24) is 9.38 Å². The maximum absolute atomic E-state index is 11.1. The van der Waals surface area contributed by atoms with E-state index in [-0.39, 0.29) is 5.56 Å². The lowest BCUT2D eigenvalue weighted by atomic mass is 10.2. The van der Waals surface area contributed by atoms with Crippen molar-refractivity contribution in [2.75, 3.05) is 5.43 Å². The lowest BCUT2D eigenvalue weighted by Crippen LogP contribution is -2.03. The van der Waals surface area contributed by atoms with Gasteiger partial charge in [-0.15, -0.1) is 11.3 Å². The van der Waals surface area contributed by atoms with Crippen LogP contribution in [0.15, 0.2) is 34.7 Å². The molecule has 2 aromatic heterocycles. The number of carbonyl (C=O) groups is 1. The molecule has 7 heteroatoms. The molecule has 0 bridgehead atoms. The largest absolute Gasteiger partial charge is 0.478 e. The van der Waals surface area contributed by atoms with Gasteiger partial charge in [0, 0.05) is 11.1 Å². The Labute approximate surface area is 130 Å². The number of imidazole rings is 1. The Morgan fingerprint density at radius 2 is 2.18 bits per heavy atom. The zero-order valence-electron chi connectivity index (χ0n) is 12.1. The molecular weight excluding hydrogens is 300 g/mol. The minimum atomic E-state index is -0.991. The van der Waals surface area contributed by atoms with Crippen molar-refractivity contribution in [2.45, 2.75) is 13.8 Å². The smallest absolute Gasteiger partial charge is 0.337 e. The highest BCUT2D eigenvalue weighted by Crippen LogP contribution is 2.19. The highest BCUT2D eigenvalue weighted by Gasteiger charge is 2.11. The Morgan fingerprint density at radius 3 is 2.95 bits per heavy atom. The average molecular weight is 314 g/mol. The van der Waals surface area contributed by atoms with Gasteiger partial charge in [-0.25, -0.2) is 9.78 Å². The molecule has 0 saturated heterocycles. The van der Waals surface area contributed by atoms with Gasteiger partial charge >= 0.3 is 5.97 Å². The first kappa shape index (κ1) is 14.3. The van der Waals surface area contributed by atoms with Crippen molar-refractivity contribution in [3.63, 3.8) is 0 Å². The third-order valence-corrected chi connectivity index (χ3v) is 4.23. The van der Waals surface area contributed by atoms with E-state index in [4.69, 9.17) is 5.11 Å². The molecule has 0 fully saturated rings. The fourth-order valence-corrected chi connectivity index (χ4v) is 3.13.